The van der Waals surface area contributed by atoms with Crippen molar-refractivity contribution in [3.63, 3.8) is 0 Å². The van der Waals surface area contributed by atoms with Crippen molar-refractivity contribution < 1.29 is 13.2 Å². The van der Waals surface area contributed by atoms with E-state index in [2.05, 4.69) is 31.1 Å². The van der Waals surface area contributed by atoms with E-state index < -0.39 is 11.6 Å². The van der Waals surface area contributed by atoms with Crippen molar-refractivity contribution in [3.05, 3.63) is 95.3 Å². The minimum atomic E-state index is -0.630. The molecule has 2 aromatic carbocycles. The summed E-state index contributed by atoms with van der Waals surface area (Å²) in [6, 6.07) is 7.68. The molecule has 0 aliphatic heterocycles. The van der Waals surface area contributed by atoms with Crippen LogP contribution in [0.3, 0.4) is 0 Å². The van der Waals surface area contributed by atoms with Gasteiger partial charge >= 0.3 is 0 Å². The minimum absolute atomic E-state index is 0.0312. The molecule has 0 radical (unpaired) electrons. The van der Waals surface area contributed by atoms with Gasteiger partial charge in [-0.15, -0.1) is 13.2 Å². The van der Waals surface area contributed by atoms with Crippen molar-refractivity contribution in [1.29, 1.82) is 0 Å². The maximum absolute atomic E-state index is 14.8. The van der Waals surface area contributed by atoms with Crippen LogP contribution in [0.25, 0.3) is 0 Å². The van der Waals surface area contributed by atoms with Crippen molar-refractivity contribution in [2.24, 2.45) is 17.8 Å². The van der Waals surface area contributed by atoms with Crippen LogP contribution >= 0.6 is 0 Å². The molecule has 0 N–H and O–H groups in total. The van der Waals surface area contributed by atoms with Crippen molar-refractivity contribution >= 4 is 0 Å². The molecule has 0 spiro atoms. The molecular formula is C30H31F3. The zero-order valence-electron chi connectivity index (χ0n) is 19.1. The highest BCUT2D eigenvalue weighted by atomic mass is 19.1. The standard InChI is InChI=1S/C30H31F3/c1-3-5-6-27-29(32)16-21(17-30(27)33)8-9-22-11-12-26(19-28(22)31)25-14-13-23-15-20(4-2)7-10-24(23)18-25/h3-4,11-12,16-17,19-20,23-25H,1-2,5-7,10,13-15,18H2. The summed E-state index contributed by atoms with van der Waals surface area (Å²) in [7, 11) is 0. The fourth-order valence-corrected chi connectivity index (χ4v) is 5.63. The maximum Gasteiger partial charge on any atom is 0.139 e. The summed E-state index contributed by atoms with van der Waals surface area (Å²) in [4.78, 5) is 0. The number of rotatable bonds is 5. The number of hydrogen-bond donors (Lipinski definition) is 0. The van der Waals surface area contributed by atoms with Gasteiger partial charge in [-0.2, -0.15) is 0 Å². The third-order valence-corrected chi connectivity index (χ3v) is 7.53. The Balaban J connectivity index is 1.46. The Hall–Kier alpha value is -2.73. The molecule has 4 unspecified atom stereocenters. The first-order chi connectivity index (χ1) is 16.0. The third-order valence-electron chi connectivity index (χ3n) is 7.53. The quantitative estimate of drug-likeness (QED) is 0.320. The second-order valence-electron chi connectivity index (χ2n) is 9.57. The monoisotopic (exact) mass is 448 g/mol. The summed E-state index contributed by atoms with van der Waals surface area (Å²) >= 11 is 0. The van der Waals surface area contributed by atoms with Gasteiger partial charge in [0.25, 0.3) is 0 Å². The van der Waals surface area contributed by atoms with Gasteiger partial charge in [0.15, 0.2) is 0 Å². The van der Waals surface area contributed by atoms with Crippen LogP contribution in [0.2, 0.25) is 0 Å². The first-order valence-corrected chi connectivity index (χ1v) is 12.0. The average molecular weight is 449 g/mol. The first kappa shape index (κ1) is 23.4. The topological polar surface area (TPSA) is 0 Å². The molecule has 2 saturated carbocycles. The molecule has 0 bridgehead atoms. The maximum atomic E-state index is 14.8. The molecule has 172 valence electrons. The van der Waals surface area contributed by atoms with Crippen molar-refractivity contribution in [2.75, 3.05) is 0 Å². The van der Waals surface area contributed by atoms with Crippen molar-refractivity contribution in [3.8, 4) is 11.8 Å². The predicted molar refractivity (Wildman–Crippen MR) is 128 cm³/mol. The van der Waals surface area contributed by atoms with Gasteiger partial charge < -0.3 is 0 Å². The number of fused-ring (bicyclic) bond motifs is 1. The van der Waals surface area contributed by atoms with Crippen LogP contribution in [0.5, 0.6) is 0 Å². The molecule has 0 saturated heterocycles. The summed E-state index contributed by atoms with van der Waals surface area (Å²) in [6.45, 7) is 7.54. The number of allylic oxidation sites excluding steroid dienone is 2. The van der Waals surface area contributed by atoms with Gasteiger partial charge in [0.1, 0.15) is 17.5 Å². The molecule has 3 heteroatoms. The zero-order chi connectivity index (χ0) is 23.4. The highest BCUT2D eigenvalue weighted by Crippen LogP contribution is 2.47. The lowest BCUT2D eigenvalue weighted by molar-refractivity contribution is 0.133. The van der Waals surface area contributed by atoms with E-state index in [0.717, 1.165) is 30.2 Å². The molecule has 4 atom stereocenters. The molecule has 2 fully saturated rings. The Bertz CT molecular complexity index is 1060. The lowest BCUT2D eigenvalue weighted by atomic mass is 9.64. The van der Waals surface area contributed by atoms with Crippen LogP contribution in [-0.4, -0.2) is 0 Å². The zero-order valence-corrected chi connectivity index (χ0v) is 19.1. The van der Waals surface area contributed by atoms with Gasteiger partial charge in [0.05, 0.1) is 5.56 Å². The van der Waals surface area contributed by atoms with Gasteiger partial charge in [-0.1, -0.05) is 30.1 Å². The summed E-state index contributed by atoms with van der Waals surface area (Å²) < 4.78 is 43.3. The smallest absolute Gasteiger partial charge is 0.139 e. The second-order valence-corrected chi connectivity index (χ2v) is 9.57. The van der Waals surface area contributed by atoms with Gasteiger partial charge in [-0.05, 0) is 105 Å². The van der Waals surface area contributed by atoms with Crippen molar-refractivity contribution in [2.45, 2.75) is 57.3 Å². The summed E-state index contributed by atoms with van der Waals surface area (Å²) in [5, 5.41) is 0. The Morgan fingerprint density at radius 3 is 2.27 bits per heavy atom. The Morgan fingerprint density at radius 2 is 1.58 bits per heavy atom. The summed E-state index contributed by atoms with van der Waals surface area (Å²) in [5.41, 5.74) is 1.51. The van der Waals surface area contributed by atoms with E-state index in [1.807, 2.05) is 6.07 Å². The van der Waals surface area contributed by atoms with Crippen LogP contribution in [0.4, 0.5) is 13.2 Å². The number of benzene rings is 2. The fraction of sp³-hybridized carbons (Fsp3) is 0.400. The second kappa shape index (κ2) is 10.5. The molecule has 33 heavy (non-hydrogen) atoms. The van der Waals surface area contributed by atoms with E-state index in [0.29, 0.717) is 18.3 Å². The van der Waals surface area contributed by atoms with Gasteiger partial charge in [0.2, 0.25) is 0 Å². The summed E-state index contributed by atoms with van der Waals surface area (Å²) in [6.07, 6.45) is 11.6. The summed E-state index contributed by atoms with van der Waals surface area (Å²) in [5.74, 6) is 6.37. The predicted octanol–water partition coefficient (Wildman–Crippen LogP) is 8.11. The van der Waals surface area contributed by atoms with Crippen LogP contribution in [0.15, 0.2) is 55.6 Å². The van der Waals surface area contributed by atoms with Crippen LogP contribution in [0, 0.1) is 47.0 Å². The van der Waals surface area contributed by atoms with E-state index >= 15 is 0 Å². The molecule has 2 aliphatic rings. The highest BCUT2D eigenvalue weighted by Gasteiger charge is 2.35. The van der Waals surface area contributed by atoms with Gasteiger partial charge in [-0.3, -0.25) is 0 Å². The first-order valence-electron chi connectivity index (χ1n) is 12.0. The van der Waals surface area contributed by atoms with Gasteiger partial charge in [-0.25, -0.2) is 13.2 Å². The Kier molecular flexibility index (Phi) is 7.43. The lowest BCUT2D eigenvalue weighted by Crippen LogP contribution is -2.30. The molecule has 0 amide bonds. The highest BCUT2D eigenvalue weighted by molar-refractivity contribution is 5.46. The van der Waals surface area contributed by atoms with E-state index in [-0.39, 0.29) is 28.9 Å². The van der Waals surface area contributed by atoms with Crippen LogP contribution in [-0.2, 0) is 6.42 Å². The SMILES string of the molecule is C=CCCc1c(F)cc(C#Cc2ccc(C3CCC4CC(C=C)CCC4C3)cc2F)cc1F. The van der Waals surface area contributed by atoms with Gasteiger partial charge in [0, 0.05) is 11.1 Å². The number of halogens is 3. The molecule has 0 heterocycles. The van der Waals surface area contributed by atoms with Crippen molar-refractivity contribution in [1.82, 2.24) is 0 Å². The molecule has 2 aliphatic carbocycles. The average Bonchev–Trinajstić information content (AvgIpc) is 2.82. The lowest BCUT2D eigenvalue weighted by Gasteiger charge is -2.41. The fourth-order valence-electron chi connectivity index (χ4n) is 5.63. The van der Waals surface area contributed by atoms with E-state index in [1.165, 1.54) is 37.8 Å². The van der Waals surface area contributed by atoms with Crippen LogP contribution < -0.4 is 0 Å². The Labute approximate surface area is 195 Å². The van der Waals surface area contributed by atoms with E-state index in [4.69, 9.17) is 0 Å². The molecule has 4 rings (SSSR count). The molecular weight excluding hydrogens is 417 g/mol. The molecule has 2 aromatic rings. The largest absolute Gasteiger partial charge is 0.207 e. The normalized spacial score (nSPS) is 24.3. The third kappa shape index (κ3) is 5.44. The number of hydrogen-bond acceptors (Lipinski definition) is 0. The van der Waals surface area contributed by atoms with E-state index in [9.17, 15) is 13.2 Å². The van der Waals surface area contributed by atoms with E-state index in [1.54, 1.807) is 18.2 Å². The molecule has 0 nitrogen and oxygen atoms in total. The minimum Gasteiger partial charge on any atom is -0.207 e. The Morgan fingerprint density at radius 1 is 0.848 bits per heavy atom. The molecule has 0 aromatic heterocycles. The van der Waals surface area contributed by atoms with Crippen LogP contribution in [0.1, 0.15) is 73.1 Å².